The lowest BCUT2D eigenvalue weighted by atomic mass is 10.1. The fraction of sp³-hybridized carbons (Fsp3) is 0.500. The van der Waals surface area contributed by atoms with Gasteiger partial charge >= 0.3 is 0 Å². The molecule has 2 heterocycles. The molecule has 0 atom stereocenters. The Kier molecular flexibility index (Phi) is 1.89. The number of hydrogen-bond donors (Lipinski definition) is 1. The second-order valence-corrected chi connectivity index (χ2v) is 3.90. The molecule has 0 saturated carbocycles. The van der Waals surface area contributed by atoms with Gasteiger partial charge in [0.15, 0.2) is 5.75 Å². The summed E-state index contributed by atoms with van der Waals surface area (Å²) in [5.74, 6) is 0.175. The first-order valence-electron chi connectivity index (χ1n) is 4.56. The van der Waals surface area contributed by atoms with Crippen molar-refractivity contribution in [1.82, 2.24) is 4.98 Å². The van der Waals surface area contributed by atoms with E-state index in [0.717, 1.165) is 17.0 Å². The second kappa shape index (κ2) is 2.85. The molecule has 1 aliphatic heterocycles. The van der Waals surface area contributed by atoms with Crippen LogP contribution in [0.4, 0.5) is 5.69 Å². The quantitative estimate of drug-likeness (QED) is 0.681. The van der Waals surface area contributed by atoms with E-state index in [1.807, 2.05) is 20.8 Å². The van der Waals surface area contributed by atoms with Crippen molar-refractivity contribution >= 4 is 5.69 Å². The summed E-state index contributed by atoms with van der Waals surface area (Å²) in [5.41, 5.74) is 8.15. The van der Waals surface area contributed by atoms with Gasteiger partial charge in [0.05, 0.1) is 24.2 Å². The molecule has 0 fully saturated rings. The third kappa shape index (κ3) is 1.42. The van der Waals surface area contributed by atoms with Crippen LogP contribution in [0.15, 0.2) is 6.20 Å². The molecule has 0 spiro atoms. The van der Waals surface area contributed by atoms with Gasteiger partial charge in [-0.15, -0.1) is 0 Å². The minimum absolute atomic E-state index is 0.484. The number of ether oxygens (including phenoxy) is 2. The Morgan fingerprint density at radius 3 is 2.93 bits per heavy atom. The fourth-order valence-electron chi connectivity index (χ4n) is 1.46. The third-order valence-corrected chi connectivity index (χ3v) is 2.26. The van der Waals surface area contributed by atoms with Gasteiger partial charge in [0.2, 0.25) is 5.79 Å². The van der Waals surface area contributed by atoms with Crippen molar-refractivity contribution in [2.45, 2.75) is 33.2 Å². The Hall–Kier alpha value is -1.29. The number of rotatable bonds is 0. The molecule has 4 heteroatoms. The van der Waals surface area contributed by atoms with Gasteiger partial charge in [-0.3, -0.25) is 4.98 Å². The number of nitrogens with two attached hydrogens (primary N) is 1. The van der Waals surface area contributed by atoms with Crippen molar-refractivity contribution < 1.29 is 9.47 Å². The molecule has 1 aliphatic rings. The molecule has 0 saturated heterocycles. The molecule has 2 N–H and O–H groups in total. The first kappa shape index (κ1) is 9.27. The van der Waals surface area contributed by atoms with Gasteiger partial charge in [-0.1, -0.05) is 0 Å². The molecule has 0 bridgehead atoms. The molecule has 14 heavy (non-hydrogen) atoms. The minimum atomic E-state index is -0.590. The molecular weight excluding hydrogens is 180 g/mol. The molecule has 0 unspecified atom stereocenters. The molecule has 0 aliphatic carbocycles. The summed E-state index contributed by atoms with van der Waals surface area (Å²) in [6.45, 7) is 6.13. The van der Waals surface area contributed by atoms with Crippen molar-refractivity contribution in [2.75, 3.05) is 5.73 Å². The molecule has 1 aromatic rings. The lowest BCUT2D eigenvalue weighted by molar-refractivity contribution is -0.180. The molecule has 76 valence electrons. The van der Waals surface area contributed by atoms with E-state index in [-0.39, 0.29) is 0 Å². The van der Waals surface area contributed by atoms with Crippen LogP contribution in [0.25, 0.3) is 0 Å². The van der Waals surface area contributed by atoms with Crippen molar-refractivity contribution in [2.24, 2.45) is 0 Å². The fourth-order valence-corrected chi connectivity index (χ4v) is 1.46. The van der Waals surface area contributed by atoms with Gasteiger partial charge < -0.3 is 15.2 Å². The summed E-state index contributed by atoms with van der Waals surface area (Å²) in [6.07, 6.45) is 1.64. The van der Waals surface area contributed by atoms with E-state index >= 15 is 0 Å². The Morgan fingerprint density at radius 1 is 1.50 bits per heavy atom. The second-order valence-electron chi connectivity index (χ2n) is 3.90. The lowest BCUT2D eigenvalue weighted by Crippen LogP contribution is -2.36. The Morgan fingerprint density at radius 2 is 2.21 bits per heavy atom. The van der Waals surface area contributed by atoms with Gasteiger partial charge in [0.1, 0.15) is 0 Å². The van der Waals surface area contributed by atoms with Crippen LogP contribution in [0.2, 0.25) is 0 Å². The highest BCUT2D eigenvalue weighted by atomic mass is 16.7. The van der Waals surface area contributed by atoms with Crippen LogP contribution in [-0.4, -0.2) is 10.8 Å². The van der Waals surface area contributed by atoms with E-state index in [9.17, 15) is 0 Å². The maximum absolute atomic E-state index is 5.78. The topological polar surface area (TPSA) is 57.4 Å². The molecule has 0 amide bonds. The largest absolute Gasteiger partial charge is 0.461 e. The maximum Gasteiger partial charge on any atom is 0.205 e. The summed E-state index contributed by atoms with van der Waals surface area (Å²) >= 11 is 0. The molecule has 1 aromatic heterocycles. The average molecular weight is 194 g/mol. The highest BCUT2D eigenvalue weighted by Crippen LogP contribution is 2.35. The Bertz CT molecular complexity index is 375. The number of nitrogen functional groups attached to an aromatic ring is 1. The van der Waals surface area contributed by atoms with Crippen LogP contribution in [0, 0.1) is 6.92 Å². The Labute approximate surface area is 83.0 Å². The van der Waals surface area contributed by atoms with Gasteiger partial charge in [0, 0.05) is 19.4 Å². The maximum atomic E-state index is 5.78. The number of fused-ring (bicyclic) bond motifs is 1. The average Bonchev–Trinajstić information content (AvgIpc) is 2.10. The zero-order valence-corrected chi connectivity index (χ0v) is 8.63. The highest BCUT2D eigenvalue weighted by molar-refractivity contribution is 5.54. The summed E-state index contributed by atoms with van der Waals surface area (Å²) in [7, 11) is 0. The zero-order valence-electron chi connectivity index (χ0n) is 8.63. The van der Waals surface area contributed by atoms with E-state index in [1.165, 1.54) is 0 Å². The van der Waals surface area contributed by atoms with Crippen molar-refractivity contribution in [3.63, 3.8) is 0 Å². The lowest BCUT2D eigenvalue weighted by Gasteiger charge is -2.33. The molecule has 0 aromatic carbocycles. The number of hydrogen-bond acceptors (Lipinski definition) is 4. The predicted molar refractivity (Wildman–Crippen MR) is 52.9 cm³/mol. The standard InChI is InChI=1S/C10H14N2O2/c1-6-9-7(8(11)4-12-6)5-13-10(2,3)14-9/h4H,5,11H2,1-3H3. The van der Waals surface area contributed by atoms with Gasteiger partial charge in [-0.2, -0.15) is 0 Å². The van der Waals surface area contributed by atoms with Crippen LogP contribution >= 0.6 is 0 Å². The van der Waals surface area contributed by atoms with Crippen LogP contribution in [-0.2, 0) is 11.3 Å². The molecule has 4 nitrogen and oxygen atoms in total. The van der Waals surface area contributed by atoms with Crippen molar-refractivity contribution in [3.8, 4) is 5.75 Å². The van der Waals surface area contributed by atoms with Crippen LogP contribution in [0.3, 0.4) is 0 Å². The number of nitrogens with zero attached hydrogens (tertiary/aromatic N) is 1. The monoisotopic (exact) mass is 194 g/mol. The van der Waals surface area contributed by atoms with Crippen LogP contribution < -0.4 is 10.5 Å². The first-order valence-corrected chi connectivity index (χ1v) is 4.56. The van der Waals surface area contributed by atoms with Crippen LogP contribution in [0.5, 0.6) is 5.75 Å². The molecular formula is C10H14N2O2. The van der Waals surface area contributed by atoms with E-state index in [1.54, 1.807) is 6.20 Å². The normalized spacial score (nSPS) is 18.5. The molecule has 2 rings (SSSR count). The highest BCUT2D eigenvalue weighted by Gasteiger charge is 2.29. The van der Waals surface area contributed by atoms with E-state index < -0.39 is 5.79 Å². The number of pyridine rings is 1. The first-order chi connectivity index (χ1) is 6.49. The smallest absolute Gasteiger partial charge is 0.205 e. The summed E-state index contributed by atoms with van der Waals surface area (Å²) in [4.78, 5) is 4.15. The third-order valence-electron chi connectivity index (χ3n) is 2.26. The predicted octanol–water partition coefficient (Wildman–Crippen LogP) is 1.62. The Balaban J connectivity index is 2.51. The summed E-state index contributed by atoms with van der Waals surface area (Å²) in [6, 6.07) is 0. The van der Waals surface area contributed by atoms with Gasteiger partial charge in [0.25, 0.3) is 0 Å². The van der Waals surface area contributed by atoms with E-state index in [4.69, 9.17) is 15.2 Å². The van der Waals surface area contributed by atoms with E-state index in [2.05, 4.69) is 4.98 Å². The van der Waals surface area contributed by atoms with Crippen LogP contribution in [0.1, 0.15) is 25.1 Å². The molecule has 0 radical (unpaired) electrons. The van der Waals surface area contributed by atoms with Gasteiger partial charge in [-0.25, -0.2) is 0 Å². The number of aromatic nitrogens is 1. The summed E-state index contributed by atoms with van der Waals surface area (Å²) in [5, 5.41) is 0. The number of aryl methyl sites for hydroxylation is 1. The van der Waals surface area contributed by atoms with E-state index in [0.29, 0.717) is 12.3 Å². The minimum Gasteiger partial charge on any atom is -0.461 e. The number of anilines is 1. The van der Waals surface area contributed by atoms with Crippen molar-refractivity contribution in [1.29, 1.82) is 0 Å². The summed E-state index contributed by atoms with van der Waals surface area (Å²) < 4.78 is 11.2. The van der Waals surface area contributed by atoms with Gasteiger partial charge in [-0.05, 0) is 6.92 Å². The van der Waals surface area contributed by atoms with Crippen molar-refractivity contribution in [3.05, 3.63) is 17.5 Å². The zero-order chi connectivity index (χ0) is 10.3. The SMILES string of the molecule is Cc1ncc(N)c2c1OC(C)(C)OC2.